The van der Waals surface area contributed by atoms with Gasteiger partial charge in [-0.05, 0) is 67.4 Å². The van der Waals surface area contributed by atoms with Crippen LogP contribution in [-0.4, -0.2) is 41.1 Å². The summed E-state index contributed by atoms with van der Waals surface area (Å²) < 4.78 is 11.1. The minimum atomic E-state index is -0.317. The number of carbonyl (C=O) groups is 2. The van der Waals surface area contributed by atoms with Crippen LogP contribution in [0.1, 0.15) is 28.8 Å². The third kappa shape index (κ3) is 4.35. The van der Waals surface area contributed by atoms with E-state index in [1.165, 1.54) is 0 Å². The highest BCUT2D eigenvalue weighted by Crippen LogP contribution is 2.32. The lowest BCUT2D eigenvalue weighted by molar-refractivity contribution is 0.0708. The van der Waals surface area contributed by atoms with Crippen molar-refractivity contribution in [3.63, 3.8) is 0 Å². The Balaban J connectivity index is 1.21. The third-order valence-corrected chi connectivity index (χ3v) is 6.09. The molecule has 2 amide bonds. The van der Waals surface area contributed by atoms with E-state index in [0.29, 0.717) is 49.6 Å². The molecule has 1 saturated heterocycles. The summed E-state index contributed by atoms with van der Waals surface area (Å²) in [5.41, 5.74) is 2.50. The fourth-order valence-corrected chi connectivity index (χ4v) is 4.35. The fourth-order valence-electron chi connectivity index (χ4n) is 4.35. The van der Waals surface area contributed by atoms with Crippen molar-refractivity contribution in [2.75, 3.05) is 18.0 Å². The molecule has 2 aliphatic rings. The molecule has 2 heterocycles. The number of piperidine rings is 1. The van der Waals surface area contributed by atoms with Crippen LogP contribution in [0.25, 0.3) is 0 Å². The maximum absolute atomic E-state index is 13.0. The number of para-hydroxylation sites is 1. The summed E-state index contributed by atoms with van der Waals surface area (Å²) in [6.07, 6.45) is 1.07. The smallest absolute Gasteiger partial charge is 0.414 e. The van der Waals surface area contributed by atoms with Gasteiger partial charge in [0.05, 0.1) is 5.69 Å². The first kappa shape index (κ1) is 20.9. The van der Waals surface area contributed by atoms with Crippen LogP contribution in [0.4, 0.5) is 10.5 Å². The number of ether oxygens (including phenoxy) is 2. The Hall–Kier alpha value is -4.00. The number of phenolic OH excluding ortho intramolecular Hbond substituents is 1. The highest BCUT2D eigenvalue weighted by molar-refractivity contribution is 5.94. The van der Waals surface area contributed by atoms with Crippen LogP contribution in [0.3, 0.4) is 0 Å². The monoisotopic (exact) mass is 444 g/mol. The summed E-state index contributed by atoms with van der Waals surface area (Å²) in [6, 6.07) is 21.3. The summed E-state index contributed by atoms with van der Waals surface area (Å²) in [7, 11) is 0. The summed E-state index contributed by atoms with van der Waals surface area (Å²) in [4.78, 5) is 29.0. The molecule has 0 saturated carbocycles. The van der Waals surface area contributed by atoms with E-state index in [1.54, 1.807) is 53.4 Å². The van der Waals surface area contributed by atoms with E-state index in [4.69, 9.17) is 9.47 Å². The van der Waals surface area contributed by atoms with Crippen molar-refractivity contribution in [1.29, 1.82) is 0 Å². The van der Waals surface area contributed by atoms with Crippen LogP contribution in [-0.2, 0) is 11.3 Å². The number of nitrogens with zero attached hydrogens (tertiary/aromatic N) is 2. The second kappa shape index (κ2) is 8.86. The van der Waals surface area contributed by atoms with E-state index in [-0.39, 0.29) is 23.8 Å². The molecule has 1 N–H and O–H groups in total. The van der Waals surface area contributed by atoms with Crippen molar-refractivity contribution in [2.24, 2.45) is 0 Å². The number of carbonyl (C=O) groups excluding carboxylic acids is 2. The molecular weight excluding hydrogens is 420 g/mol. The first-order valence-electron chi connectivity index (χ1n) is 11.0. The van der Waals surface area contributed by atoms with Crippen molar-refractivity contribution in [1.82, 2.24) is 4.90 Å². The number of hydrogen-bond donors (Lipinski definition) is 1. The van der Waals surface area contributed by atoms with Crippen molar-refractivity contribution in [3.8, 4) is 17.2 Å². The Morgan fingerprint density at radius 3 is 2.24 bits per heavy atom. The zero-order valence-electron chi connectivity index (χ0n) is 18.0. The average molecular weight is 444 g/mol. The van der Waals surface area contributed by atoms with Gasteiger partial charge in [-0.3, -0.25) is 9.69 Å². The molecule has 0 aliphatic carbocycles. The molecule has 1 fully saturated rings. The molecule has 7 heteroatoms. The highest BCUT2D eigenvalue weighted by Gasteiger charge is 2.35. The Labute approximate surface area is 191 Å². The summed E-state index contributed by atoms with van der Waals surface area (Å²) >= 11 is 0. The van der Waals surface area contributed by atoms with E-state index >= 15 is 0 Å². The normalized spacial score (nSPS) is 16.2. The van der Waals surface area contributed by atoms with Gasteiger partial charge in [0.2, 0.25) is 0 Å². The number of anilines is 1. The average Bonchev–Trinajstić information content (AvgIpc) is 2.86. The third-order valence-electron chi connectivity index (χ3n) is 6.09. The number of likely N-dealkylation sites (tertiary alicyclic amines) is 1. The SMILES string of the molecule is O=C(c1ccc(Oc2ccc(O)cc2)cc1)N1CCC(N2C(=O)OCc3ccccc32)CC1. The van der Waals surface area contributed by atoms with E-state index < -0.39 is 0 Å². The second-order valence-corrected chi connectivity index (χ2v) is 8.20. The van der Waals surface area contributed by atoms with Crippen LogP contribution in [0.2, 0.25) is 0 Å². The van der Waals surface area contributed by atoms with Crippen LogP contribution < -0.4 is 9.64 Å². The lowest BCUT2D eigenvalue weighted by atomic mass is 10.00. The highest BCUT2D eigenvalue weighted by atomic mass is 16.6. The van der Waals surface area contributed by atoms with Crippen LogP contribution in [0.5, 0.6) is 17.2 Å². The number of cyclic esters (lactones) is 1. The van der Waals surface area contributed by atoms with Gasteiger partial charge in [-0.15, -0.1) is 0 Å². The topological polar surface area (TPSA) is 79.3 Å². The van der Waals surface area contributed by atoms with Gasteiger partial charge in [-0.1, -0.05) is 18.2 Å². The minimum absolute atomic E-state index is 0.00378. The van der Waals surface area contributed by atoms with Crippen LogP contribution in [0, 0.1) is 0 Å². The van der Waals surface area contributed by atoms with Gasteiger partial charge in [-0.25, -0.2) is 4.79 Å². The van der Waals surface area contributed by atoms with Gasteiger partial charge in [-0.2, -0.15) is 0 Å². The molecule has 0 bridgehead atoms. The molecule has 7 nitrogen and oxygen atoms in total. The number of fused-ring (bicyclic) bond motifs is 1. The summed E-state index contributed by atoms with van der Waals surface area (Å²) in [5, 5.41) is 9.37. The lowest BCUT2D eigenvalue weighted by Crippen LogP contribution is -2.50. The standard InChI is InChI=1S/C26H24N2O5/c29-21-7-11-23(12-8-21)33-22-9-5-18(6-10-22)25(30)27-15-13-20(14-16-27)28-24-4-2-1-3-19(24)17-32-26(28)31/h1-12,20,29H,13-17H2. The molecule has 2 aliphatic heterocycles. The Kier molecular flexibility index (Phi) is 5.60. The molecule has 3 aromatic carbocycles. The quantitative estimate of drug-likeness (QED) is 0.616. The molecule has 0 spiro atoms. The summed E-state index contributed by atoms with van der Waals surface area (Å²) in [5.74, 6) is 1.35. The van der Waals surface area contributed by atoms with Gasteiger partial charge < -0.3 is 19.5 Å². The Morgan fingerprint density at radius 2 is 1.55 bits per heavy atom. The largest absolute Gasteiger partial charge is 0.508 e. The van der Waals surface area contributed by atoms with E-state index in [0.717, 1.165) is 11.3 Å². The molecule has 0 unspecified atom stereocenters. The van der Waals surface area contributed by atoms with E-state index in [9.17, 15) is 14.7 Å². The van der Waals surface area contributed by atoms with Gasteiger partial charge in [0.15, 0.2) is 0 Å². The second-order valence-electron chi connectivity index (χ2n) is 8.20. The number of rotatable bonds is 4. The molecule has 0 aromatic heterocycles. The number of aromatic hydroxyl groups is 1. The molecule has 0 radical (unpaired) electrons. The minimum Gasteiger partial charge on any atom is -0.508 e. The van der Waals surface area contributed by atoms with Crippen molar-refractivity contribution in [3.05, 3.63) is 83.9 Å². The molecule has 33 heavy (non-hydrogen) atoms. The van der Waals surface area contributed by atoms with Crippen molar-refractivity contribution in [2.45, 2.75) is 25.5 Å². The number of amides is 2. The number of phenols is 1. The van der Waals surface area contributed by atoms with Crippen molar-refractivity contribution < 1.29 is 24.2 Å². The van der Waals surface area contributed by atoms with Crippen LogP contribution >= 0.6 is 0 Å². The van der Waals surface area contributed by atoms with E-state index in [2.05, 4.69) is 0 Å². The van der Waals surface area contributed by atoms with Gasteiger partial charge in [0, 0.05) is 30.3 Å². The predicted octanol–water partition coefficient (Wildman–Crippen LogP) is 4.95. The lowest BCUT2D eigenvalue weighted by Gasteiger charge is -2.40. The van der Waals surface area contributed by atoms with E-state index in [1.807, 2.05) is 29.2 Å². The summed E-state index contributed by atoms with van der Waals surface area (Å²) in [6.45, 7) is 1.44. The first-order chi connectivity index (χ1) is 16.1. The molecular formula is C26H24N2O5. The van der Waals surface area contributed by atoms with Gasteiger partial charge in [0.25, 0.3) is 5.91 Å². The Bertz CT molecular complexity index is 1150. The number of benzene rings is 3. The fraction of sp³-hybridized carbons (Fsp3) is 0.231. The molecule has 5 rings (SSSR count). The Morgan fingerprint density at radius 1 is 0.909 bits per heavy atom. The van der Waals surface area contributed by atoms with Gasteiger partial charge in [0.1, 0.15) is 23.9 Å². The zero-order valence-corrected chi connectivity index (χ0v) is 18.0. The first-order valence-corrected chi connectivity index (χ1v) is 11.0. The van der Waals surface area contributed by atoms with Crippen LogP contribution in [0.15, 0.2) is 72.8 Å². The molecule has 0 atom stereocenters. The predicted molar refractivity (Wildman–Crippen MR) is 123 cm³/mol. The van der Waals surface area contributed by atoms with Crippen molar-refractivity contribution >= 4 is 17.7 Å². The molecule has 168 valence electrons. The zero-order chi connectivity index (χ0) is 22.8. The molecule has 3 aromatic rings. The number of hydrogen-bond acceptors (Lipinski definition) is 5. The maximum atomic E-state index is 13.0. The van der Waals surface area contributed by atoms with Gasteiger partial charge >= 0.3 is 6.09 Å². The maximum Gasteiger partial charge on any atom is 0.414 e.